The molecule has 0 N–H and O–H groups in total. The fourth-order valence-corrected chi connectivity index (χ4v) is 2.16. The summed E-state index contributed by atoms with van der Waals surface area (Å²) in [5, 5.41) is 0.802. The molecule has 2 aromatic carbocycles. The van der Waals surface area contributed by atoms with Crippen molar-refractivity contribution in [2.75, 3.05) is 13.6 Å². The lowest BCUT2D eigenvalue weighted by atomic mass is 10.1. The van der Waals surface area contributed by atoms with E-state index in [1.165, 1.54) is 12.1 Å². The maximum absolute atomic E-state index is 12.8. The van der Waals surface area contributed by atoms with Gasteiger partial charge in [-0.15, -0.1) is 0 Å². The summed E-state index contributed by atoms with van der Waals surface area (Å²) in [6.07, 6.45) is 0.904. The van der Waals surface area contributed by atoms with Crippen molar-refractivity contribution >= 4 is 11.6 Å². The summed E-state index contributed by atoms with van der Waals surface area (Å²) >= 11 is 6.13. The molecule has 0 spiro atoms. The van der Waals surface area contributed by atoms with Crippen LogP contribution in [0.4, 0.5) is 4.39 Å². The highest BCUT2D eigenvalue weighted by atomic mass is 35.5. The predicted molar refractivity (Wildman–Crippen MR) is 77.9 cm³/mol. The minimum absolute atomic E-state index is 0.187. The second-order valence-corrected chi connectivity index (χ2v) is 5.11. The Hall–Kier alpha value is -1.38. The summed E-state index contributed by atoms with van der Waals surface area (Å²) in [6.45, 7) is 1.73. The van der Waals surface area contributed by atoms with Gasteiger partial charge in [-0.1, -0.05) is 41.9 Å². The van der Waals surface area contributed by atoms with E-state index in [1.807, 2.05) is 36.4 Å². The van der Waals surface area contributed by atoms with Crippen LogP contribution in [0.3, 0.4) is 0 Å². The fourth-order valence-electron chi connectivity index (χ4n) is 1.97. The molecule has 0 atom stereocenters. The Labute approximate surface area is 118 Å². The van der Waals surface area contributed by atoms with Gasteiger partial charge in [-0.3, -0.25) is 0 Å². The minimum atomic E-state index is -0.187. The van der Waals surface area contributed by atoms with Crippen molar-refractivity contribution in [2.45, 2.75) is 13.0 Å². The molecule has 2 rings (SSSR count). The van der Waals surface area contributed by atoms with Gasteiger partial charge in [0, 0.05) is 18.1 Å². The van der Waals surface area contributed by atoms with E-state index in [0.29, 0.717) is 0 Å². The Morgan fingerprint density at radius 2 is 1.74 bits per heavy atom. The van der Waals surface area contributed by atoms with E-state index in [1.54, 1.807) is 0 Å². The Morgan fingerprint density at radius 1 is 1.05 bits per heavy atom. The van der Waals surface area contributed by atoms with Gasteiger partial charge in [-0.2, -0.15) is 0 Å². The molecular formula is C16H17ClFN. The molecule has 3 heteroatoms. The van der Waals surface area contributed by atoms with Crippen molar-refractivity contribution in [2.24, 2.45) is 0 Å². The zero-order chi connectivity index (χ0) is 13.7. The second kappa shape index (κ2) is 6.69. The second-order valence-electron chi connectivity index (χ2n) is 4.71. The van der Waals surface area contributed by atoms with E-state index in [4.69, 9.17) is 11.6 Å². The summed E-state index contributed by atoms with van der Waals surface area (Å²) in [6, 6.07) is 14.5. The fraction of sp³-hybridized carbons (Fsp3) is 0.250. The molecule has 0 unspecified atom stereocenters. The van der Waals surface area contributed by atoms with Crippen molar-refractivity contribution in [3.63, 3.8) is 0 Å². The maximum atomic E-state index is 12.8. The number of rotatable bonds is 5. The van der Waals surface area contributed by atoms with Gasteiger partial charge in [0.1, 0.15) is 5.82 Å². The molecule has 0 fully saturated rings. The number of benzene rings is 2. The van der Waals surface area contributed by atoms with E-state index in [9.17, 15) is 4.39 Å². The van der Waals surface area contributed by atoms with E-state index in [-0.39, 0.29) is 5.82 Å². The van der Waals surface area contributed by atoms with Gasteiger partial charge in [-0.25, -0.2) is 4.39 Å². The molecule has 0 amide bonds. The van der Waals surface area contributed by atoms with E-state index in [2.05, 4.69) is 11.9 Å². The monoisotopic (exact) mass is 277 g/mol. The highest BCUT2D eigenvalue weighted by molar-refractivity contribution is 6.31. The average Bonchev–Trinajstić information content (AvgIpc) is 2.41. The van der Waals surface area contributed by atoms with Crippen molar-refractivity contribution in [3.05, 3.63) is 70.5 Å². The third-order valence-electron chi connectivity index (χ3n) is 3.09. The van der Waals surface area contributed by atoms with Crippen molar-refractivity contribution < 1.29 is 4.39 Å². The molecule has 0 heterocycles. The number of halogens is 2. The molecule has 1 nitrogen and oxygen atoms in total. The average molecular weight is 278 g/mol. The van der Waals surface area contributed by atoms with Crippen LogP contribution in [0.5, 0.6) is 0 Å². The lowest BCUT2D eigenvalue weighted by Gasteiger charge is -2.17. The van der Waals surface area contributed by atoms with Gasteiger partial charge in [0.05, 0.1) is 0 Å². The number of nitrogens with zero attached hydrogens (tertiary/aromatic N) is 1. The Balaban J connectivity index is 1.86. The highest BCUT2D eigenvalue weighted by Gasteiger charge is 2.04. The molecule has 0 saturated heterocycles. The maximum Gasteiger partial charge on any atom is 0.123 e. The Kier molecular flexibility index (Phi) is 4.94. The van der Waals surface area contributed by atoms with Crippen LogP contribution in [0.15, 0.2) is 48.5 Å². The lowest BCUT2D eigenvalue weighted by molar-refractivity contribution is 0.331. The van der Waals surface area contributed by atoms with Crippen LogP contribution in [0.1, 0.15) is 11.1 Å². The predicted octanol–water partition coefficient (Wildman–Crippen LogP) is 4.15. The first kappa shape index (κ1) is 14.0. The van der Waals surface area contributed by atoms with Crippen LogP contribution in [-0.2, 0) is 13.0 Å². The molecule has 0 bridgehead atoms. The molecule has 0 aliphatic heterocycles. The van der Waals surface area contributed by atoms with Crippen LogP contribution in [-0.4, -0.2) is 18.5 Å². The number of likely N-dealkylation sites (N-methyl/N-ethyl adjacent to an activating group) is 1. The third-order valence-corrected chi connectivity index (χ3v) is 3.46. The molecule has 0 radical (unpaired) electrons. The standard InChI is InChI=1S/C16H17ClFN/c1-19(12-14-4-2-3-5-16(14)17)11-10-13-6-8-15(18)9-7-13/h2-9H,10-12H2,1H3. The largest absolute Gasteiger partial charge is 0.302 e. The summed E-state index contributed by atoms with van der Waals surface area (Å²) in [7, 11) is 2.06. The van der Waals surface area contributed by atoms with E-state index < -0.39 is 0 Å². The summed E-state index contributed by atoms with van der Waals surface area (Å²) in [5.41, 5.74) is 2.28. The molecule has 2 aromatic rings. The quantitative estimate of drug-likeness (QED) is 0.793. The molecule has 100 valence electrons. The van der Waals surface area contributed by atoms with Gasteiger partial charge < -0.3 is 4.90 Å². The van der Waals surface area contributed by atoms with E-state index in [0.717, 1.165) is 35.7 Å². The molecule has 0 saturated carbocycles. The van der Waals surface area contributed by atoms with Crippen LogP contribution in [0.25, 0.3) is 0 Å². The van der Waals surface area contributed by atoms with Crippen LogP contribution >= 0.6 is 11.6 Å². The van der Waals surface area contributed by atoms with Crippen molar-refractivity contribution in [1.82, 2.24) is 4.90 Å². The Morgan fingerprint density at radius 3 is 2.42 bits per heavy atom. The van der Waals surface area contributed by atoms with Gasteiger partial charge in [0.15, 0.2) is 0 Å². The molecule has 0 aromatic heterocycles. The van der Waals surface area contributed by atoms with Gasteiger partial charge in [0.2, 0.25) is 0 Å². The summed E-state index contributed by atoms with van der Waals surface area (Å²) in [4.78, 5) is 2.21. The third kappa shape index (κ3) is 4.34. The van der Waals surface area contributed by atoms with Gasteiger partial charge >= 0.3 is 0 Å². The van der Waals surface area contributed by atoms with Crippen LogP contribution in [0, 0.1) is 5.82 Å². The Bertz CT molecular complexity index is 525. The van der Waals surface area contributed by atoms with E-state index >= 15 is 0 Å². The van der Waals surface area contributed by atoms with Gasteiger partial charge in [-0.05, 0) is 42.8 Å². The number of hydrogen-bond acceptors (Lipinski definition) is 1. The SMILES string of the molecule is CN(CCc1ccc(F)cc1)Cc1ccccc1Cl. The van der Waals surface area contributed by atoms with Crippen molar-refractivity contribution in [1.29, 1.82) is 0 Å². The molecule has 19 heavy (non-hydrogen) atoms. The summed E-state index contributed by atoms with van der Waals surface area (Å²) in [5.74, 6) is -0.187. The van der Waals surface area contributed by atoms with Crippen LogP contribution < -0.4 is 0 Å². The summed E-state index contributed by atoms with van der Waals surface area (Å²) < 4.78 is 12.8. The molecule has 0 aliphatic carbocycles. The highest BCUT2D eigenvalue weighted by Crippen LogP contribution is 2.16. The van der Waals surface area contributed by atoms with Crippen LogP contribution in [0.2, 0.25) is 5.02 Å². The first-order chi connectivity index (χ1) is 9.15. The molecule has 0 aliphatic rings. The number of hydrogen-bond donors (Lipinski definition) is 0. The zero-order valence-corrected chi connectivity index (χ0v) is 11.7. The molecular weight excluding hydrogens is 261 g/mol. The van der Waals surface area contributed by atoms with Gasteiger partial charge in [0.25, 0.3) is 0 Å². The lowest BCUT2D eigenvalue weighted by Crippen LogP contribution is -2.20. The smallest absolute Gasteiger partial charge is 0.123 e. The minimum Gasteiger partial charge on any atom is -0.302 e. The zero-order valence-electron chi connectivity index (χ0n) is 10.9. The van der Waals surface area contributed by atoms with Crippen molar-refractivity contribution in [3.8, 4) is 0 Å². The normalized spacial score (nSPS) is 10.9. The topological polar surface area (TPSA) is 3.24 Å². The first-order valence-electron chi connectivity index (χ1n) is 6.31. The first-order valence-corrected chi connectivity index (χ1v) is 6.69.